The van der Waals surface area contributed by atoms with Gasteiger partial charge in [0.2, 0.25) is 11.0 Å². The molecule has 3 rings (SSSR count). The Bertz CT molecular complexity index is 852. The van der Waals surface area contributed by atoms with Gasteiger partial charge in [0.05, 0.1) is 5.75 Å². The molecule has 2 aromatic heterocycles. The zero-order valence-electron chi connectivity index (χ0n) is 13.7. The molecule has 0 aliphatic carbocycles. The number of nitrogens with two attached hydrogens (primary N) is 1. The number of thioether (sulfide) groups is 1. The summed E-state index contributed by atoms with van der Waals surface area (Å²) in [5, 5.41) is 12.8. The summed E-state index contributed by atoms with van der Waals surface area (Å²) in [6.45, 7) is 4.39. The molecule has 132 valence electrons. The molecule has 2 heterocycles. The number of rotatable bonds is 7. The first-order chi connectivity index (χ1) is 12.1. The lowest BCUT2D eigenvalue weighted by Crippen LogP contribution is -2.11. The van der Waals surface area contributed by atoms with Gasteiger partial charge in [-0.1, -0.05) is 45.0 Å². The van der Waals surface area contributed by atoms with E-state index in [0.717, 1.165) is 10.0 Å². The van der Waals surface area contributed by atoms with E-state index in [-0.39, 0.29) is 6.10 Å². The van der Waals surface area contributed by atoms with Gasteiger partial charge < -0.3 is 15.1 Å². The number of nitrogens with zero attached hydrogens (tertiary/aromatic N) is 5. The minimum Gasteiger partial charge on any atom is -0.371 e. The number of ether oxygens (including phenoxy) is 1. The summed E-state index contributed by atoms with van der Waals surface area (Å²) in [6.07, 6.45) is -0.201. The molecule has 1 unspecified atom stereocenters. The highest BCUT2D eigenvalue weighted by atomic mass is 79.9. The minimum absolute atomic E-state index is 0.201. The SMILES string of the molecule is CCOC(C)c1noc(CSc2nnc(-c3ccccc3Br)n2N)n1. The monoisotopic (exact) mass is 424 g/mol. The number of benzene rings is 1. The van der Waals surface area contributed by atoms with Gasteiger partial charge in [0.15, 0.2) is 11.6 Å². The van der Waals surface area contributed by atoms with Crippen molar-refractivity contribution in [2.24, 2.45) is 0 Å². The van der Waals surface area contributed by atoms with Gasteiger partial charge >= 0.3 is 0 Å². The zero-order chi connectivity index (χ0) is 17.8. The molecule has 1 atom stereocenters. The topological polar surface area (TPSA) is 105 Å². The van der Waals surface area contributed by atoms with Gasteiger partial charge in [-0.25, -0.2) is 4.68 Å². The first kappa shape index (κ1) is 17.9. The third-order valence-corrected chi connectivity index (χ3v) is 4.99. The van der Waals surface area contributed by atoms with Crippen molar-refractivity contribution in [2.45, 2.75) is 30.9 Å². The van der Waals surface area contributed by atoms with E-state index in [1.165, 1.54) is 16.4 Å². The maximum absolute atomic E-state index is 6.12. The van der Waals surface area contributed by atoms with E-state index in [1.807, 2.05) is 38.1 Å². The van der Waals surface area contributed by atoms with Crippen molar-refractivity contribution in [1.29, 1.82) is 0 Å². The molecule has 10 heteroatoms. The molecule has 3 aromatic rings. The molecule has 0 saturated heterocycles. The van der Waals surface area contributed by atoms with Crippen LogP contribution in [-0.2, 0) is 10.5 Å². The molecule has 0 bridgehead atoms. The van der Waals surface area contributed by atoms with Crippen LogP contribution < -0.4 is 5.84 Å². The molecule has 0 radical (unpaired) electrons. The van der Waals surface area contributed by atoms with Crippen LogP contribution >= 0.6 is 27.7 Å². The Morgan fingerprint density at radius 2 is 2.16 bits per heavy atom. The van der Waals surface area contributed by atoms with Gasteiger partial charge in [-0.15, -0.1) is 10.2 Å². The number of aromatic nitrogens is 5. The van der Waals surface area contributed by atoms with E-state index < -0.39 is 0 Å². The quantitative estimate of drug-likeness (QED) is 0.455. The van der Waals surface area contributed by atoms with E-state index in [4.69, 9.17) is 15.1 Å². The maximum atomic E-state index is 6.12. The lowest BCUT2D eigenvalue weighted by Gasteiger charge is -2.05. The summed E-state index contributed by atoms with van der Waals surface area (Å²) in [6, 6.07) is 7.69. The molecule has 0 aliphatic heterocycles. The second-order valence-electron chi connectivity index (χ2n) is 5.09. The normalized spacial score (nSPS) is 12.4. The number of halogens is 1. The van der Waals surface area contributed by atoms with Crippen LogP contribution in [0.2, 0.25) is 0 Å². The Hall–Kier alpha value is -1.91. The Morgan fingerprint density at radius 1 is 1.36 bits per heavy atom. The lowest BCUT2D eigenvalue weighted by atomic mass is 10.2. The largest absolute Gasteiger partial charge is 0.371 e. The first-order valence-corrected chi connectivity index (χ1v) is 9.40. The van der Waals surface area contributed by atoms with Gasteiger partial charge in [-0.05, 0) is 26.0 Å². The van der Waals surface area contributed by atoms with E-state index in [0.29, 0.717) is 35.1 Å². The van der Waals surface area contributed by atoms with E-state index in [1.54, 1.807) is 0 Å². The molecule has 0 amide bonds. The second kappa shape index (κ2) is 7.98. The van der Waals surface area contributed by atoms with Gasteiger partial charge in [0, 0.05) is 16.6 Å². The van der Waals surface area contributed by atoms with Gasteiger partial charge in [0.25, 0.3) is 0 Å². The summed E-state index contributed by atoms with van der Waals surface area (Å²) in [5.41, 5.74) is 0.870. The first-order valence-electron chi connectivity index (χ1n) is 7.62. The van der Waals surface area contributed by atoms with Crippen LogP contribution in [0.5, 0.6) is 0 Å². The Labute approximate surface area is 157 Å². The average Bonchev–Trinajstić information content (AvgIpc) is 3.21. The Balaban J connectivity index is 1.70. The van der Waals surface area contributed by atoms with Crippen LogP contribution in [0, 0.1) is 0 Å². The molecule has 2 N–H and O–H groups in total. The lowest BCUT2D eigenvalue weighted by molar-refractivity contribution is 0.0683. The predicted octanol–water partition coefficient (Wildman–Crippen LogP) is 3.19. The smallest absolute Gasteiger partial charge is 0.237 e. The fraction of sp³-hybridized carbons (Fsp3) is 0.333. The van der Waals surface area contributed by atoms with Gasteiger partial charge in [-0.2, -0.15) is 4.98 Å². The van der Waals surface area contributed by atoms with Crippen molar-refractivity contribution in [3.8, 4) is 11.4 Å². The molecule has 25 heavy (non-hydrogen) atoms. The molecule has 0 spiro atoms. The van der Waals surface area contributed by atoms with Crippen LogP contribution in [-0.4, -0.2) is 31.6 Å². The van der Waals surface area contributed by atoms with Crippen LogP contribution in [0.3, 0.4) is 0 Å². The van der Waals surface area contributed by atoms with Crippen LogP contribution in [0.25, 0.3) is 11.4 Å². The van der Waals surface area contributed by atoms with E-state index in [2.05, 4.69) is 36.3 Å². The molecule has 1 aromatic carbocycles. The summed E-state index contributed by atoms with van der Waals surface area (Å²) in [5.74, 6) is 8.15. The van der Waals surface area contributed by atoms with Crippen LogP contribution in [0.4, 0.5) is 0 Å². The van der Waals surface area contributed by atoms with Crippen molar-refractivity contribution < 1.29 is 9.26 Å². The maximum Gasteiger partial charge on any atom is 0.237 e. The summed E-state index contributed by atoms with van der Waals surface area (Å²) >= 11 is 4.86. The standard InChI is InChI=1S/C15H17BrN6O2S/c1-3-23-9(2)13-18-12(24-21-13)8-25-15-20-19-14(22(15)17)10-6-4-5-7-11(10)16/h4-7,9H,3,8,17H2,1-2H3. The van der Waals surface area contributed by atoms with Crippen molar-refractivity contribution in [3.05, 3.63) is 40.5 Å². The summed E-state index contributed by atoms with van der Waals surface area (Å²) in [7, 11) is 0. The second-order valence-corrected chi connectivity index (χ2v) is 6.89. The van der Waals surface area contributed by atoms with Crippen molar-refractivity contribution in [1.82, 2.24) is 25.0 Å². The van der Waals surface area contributed by atoms with Crippen LogP contribution in [0.15, 0.2) is 38.4 Å². The zero-order valence-corrected chi connectivity index (χ0v) is 16.1. The van der Waals surface area contributed by atoms with E-state index >= 15 is 0 Å². The third kappa shape index (κ3) is 4.02. The molecule has 0 saturated carbocycles. The van der Waals surface area contributed by atoms with Crippen molar-refractivity contribution in [3.63, 3.8) is 0 Å². The van der Waals surface area contributed by atoms with Crippen molar-refractivity contribution in [2.75, 3.05) is 12.4 Å². The molecular formula is C15H17BrN6O2S. The number of hydrogen-bond donors (Lipinski definition) is 1. The Kier molecular flexibility index (Phi) is 5.71. The molecular weight excluding hydrogens is 408 g/mol. The van der Waals surface area contributed by atoms with Crippen LogP contribution in [0.1, 0.15) is 31.7 Å². The van der Waals surface area contributed by atoms with Gasteiger partial charge in [0.1, 0.15) is 6.10 Å². The number of nitrogen functional groups attached to an aromatic ring is 1. The number of hydrogen-bond acceptors (Lipinski definition) is 8. The highest BCUT2D eigenvalue weighted by molar-refractivity contribution is 9.10. The fourth-order valence-electron chi connectivity index (χ4n) is 2.14. The summed E-state index contributed by atoms with van der Waals surface area (Å²) < 4.78 is 13.0. The molecule has 0 aliphatic rings. The Morgan fingerprint density at radius 3 is 2.92 bits per heavy atom. The third-order valence-electron chi connectivity index (χ3n) is 3.37. The van der Waals surface area contributed by atoms with Crippen molar-refractivity contribution >= 4 is 27.7 Å². The average molecular weight is 425 g/mol. The fourth-order valence-corrected chi connectivity index (χ4v) is 3.30. The highest BCUT2D eigenvalue weighted by Crippen LogP contribution is 2.28. The van der Waals surface area contributed by atoms with E-state index in [9.17, 15) is 0 Å². The minimum atomic E-state index is -0.201. The van der Waals surface area contributed by atoms with Gasteiger partial charge in [-0.3, -0.25) is 0 Å². The summed E-state index contributed by atoms with van der Waals surface area (Å²) in [4.78, 5) is 4.32. The predicted molar refractivity (Wildman–Crippen MR) is 97.2 cm³/mol. The molecule has 8 nitrogen and oxygen atoms in total. The highest BCUT2D eigenvalue weighted by Gasteiger charge is 2.17. The molecule has 0 fully saturated rings.